The second-order valence-corrected chi connectivity index (χ2v) is 9.17. The summed E-state index contributed by atoms with van der Waals surface area (Å²) in [5, 5.41) is 0.266. The van der Waals surface area contributed by atoms with Crippen LogP contribution in [0.5, 0.6) is 0 Å². The standard InChI is InChI=1S/C17H28Cl2N2OS2/c1-3-4-5-6-7-8-9-10-11-12-13-21(2)17(22)24-16-20-14(18)15(19)23-16/h3-13H2,1-2H3. The maximum absolute atomic E-state index is 12.1. The Labute approximate surface area is 164 Å². The minimum atomic E-state index is -0.00647. The Hall–Kier alpha value is 0.0300. The summed E-state index contributed by atoms with van der Waals surface area (Å²) in [6.45, 7) is 3.04. The van der Waals surface area contributed by atoms with Crippen LogP contribution in [-0.2, 0) is 0 Å². The van der Waals surface area contributed by atoms with Crippen molar-refractivity contribution >= 4 is 51.5 Å². The first-order valence-corrected chi connectivity index (χ1v) is 11.2. The summed E-state index contributed by atoms with van der Waals surface area (Å²) in [6.07, 6.45) is 13.0. The molecule has 3 nitrogen and oxygen atoms in total. The third kappa shape index (κ3) is 9.50. The molecule has 1 rings (SSSR count). The highest BCUT2D eigenvalue weighted by atomic mass is 35.5. The Kier molecular flexibility index (Phi) is 12.2. The van der Waals surface area contributed by atoms with E-state index in [0.29, 0.717) is 8.68 Å². The van der Waals surface area contributed by atoms with E-state index in [0.717, 1.165) is 24.7 Å². The summed E-state index contributed by atoms with van der Waals surface area (Å²) >= 11 is 14.0. The maximum Gasteiger partial charge on any atom is 0.288 e. The van der Waals surface area contributed by atoms with Crippen LogP contribution in [0.3, 0.4) is 0 Å². The van der Waals surface area contributed by atoms with Gasteiger partial charge in [0.1, 0.15) is 4.34 Å². The average Bonchev–Trinajstić information content (AvgIpc) is 2.86. The minimum Gasteiger partial charge on any atom is -0.336 e. The smallest absolute Gasteiger partial charge is 0.288 e. The van der Waals surface area contributed by atoms with Crippen molar-refractivity contribution in [3.63, 3.8) is 0 Å². The van der Waals surface area contributed by atoms with E-state index in [4.69, 9.17) is 23.2 Å². The molecule has 1 heterocycles. The molecule has 0 fully saturated rings. The zero-order chi connectivity index (χ0) is 17.8. The van der Waals surface area contributed by atoms with Crippen molar-refractivity contribution in [1.82, 2.24) is 9.88 Å². The Morgan fingerprint density at radius 2 is 1.58 bits per heavy atom. The average molecular weight is 411 g/mol. The van der Waals surface area contributed by atoms with Crippen LogP contribution in [0.2, 0.25) is 9.49 Å². The zero-order valence-electron chi connectivity index (χ0n) is 14.7. The number of aromatic nitrogens is 1. The molecule has 0 atom stereocenters. The van der Waals surface area contributed by atoms with E-state index in [1.807, 2.05) is 7.05 Å². The van der Waals surface area contributed by atoms with Crippen LogP contribution in [0, 0.1) is 0 Å². The molecule has 0 spiro atoms. The number of unbranched alkanes of at least 4 members (excludes halogenated alkanes) is 9. The number of carbonyl (C=O) groups is 1. The lowest BCUT2D eigenvalue weighted by molar-refractivity contribution is 0.232. The van der Waals surface area contributed by atoms with Gasteiger partial charge < -0.3 is 4.90 Å². The van der Waals surface area contributed by atoms with Gasteiger partial charge in [0, 0.05) is 25.4 Å². The van der Waals surface area contributed by atoms with E-state index >= 15 is 0 Å². The number of carbonyl (C=O) groups excluding carboxylic acids is 1. The highest BCUT2D eigenvalue weighted by Gasteiger charge is 2.15. The largest absolute Gasteiger partial charge is 0.336 e. The lowest BCUT2D eigenvalue weighted by atomic mass is 10.1. The quantitative estimate of drug-likeness (QED) is 0.263. The summed E-state index contributed by atoms with van der Waals surface area (Å²) < 4.78 is 1.04. The Morgan fingerprint density at radius 3 is 2.08 bits per heavy atom. The van der Waals surface area contributed by atoms with E-state index in [-0.39, 0.29) is 10.4 Å². The Balaban J connectivity index is 2.03. The van der Waals surface area contributed by atoms with Crippen LogP contribution in [0.15, 0.2) is 4.34 Å². The molecule has 138 valence electrons. The van der Waals surface area contributed by atoms with Crippen LogP contribution in [0.25, 0.3) is 0 Å². The molecule has 0 aromatic carbocycles. The lowest BCUT2D eigenvalue weighted by Gasteiger charge is -2.15. The number of thiazole rings is 1. The molecule has 0 aliphatic carbocycles. The molecule has 1 amide bonds. The Bertz CT molecular complexity index is 464. The highest BCUT2D eigenvalue weighted by molar-refractivity contribution is 8.14. The molecule has 1 aromatic rings. The maximum atomic E-state index is 12.1. The molecule has 0 N–H and O–H groups in total. The number of thioether (sulfide) groups is 1. The number of hydrogen-bond acceptors (Lipinski definition) is 4. The normalized spacial score (nSPS) is 11.0. The number of hydrogen-bond donors (Lipinski definition) is 0. The SMILES string of the molecule is CCCCCCCCCCCCN(C)C(=O)Sc1nc(Cl)c(Cl)s1. The van der Waals surface area contributed by atoms with Gasteiger partial charge in [0.15, 0.2) is 9.49 Å². The zero-order valence-corrected chi connectivity index (χ0v) is 17.8. The first-order valence-electron chi connectivity index (χ1n) is 8.79. The summed E-state index contributed by atoms with van der Waals surface area (Å²) in [5.74, 6) is 0. The monoisotopic (exact) mass is 410 g/mol. The first kappa shape index (κ1) is 22.1. The van der Waals surface area contributed by atoms with Crippen molar-refractivity contribution in [3.05, 3.63) is 9.49 Å². The van der Waals surface area contributed by atoms with Crippen LogP contribution in [0.1, 0.15) is 71.1 Å². The van der Waals surface area contributed by atoms with Gasteiger partial charge in [0.25, 0.3) is 5.24 Å². The second kappa shape index (κ2) is 13.3. The van der Waals surface area contributed by atoms with Gasteiger partial charge in [-0.3, -0.25) is 4.79 Å². The molecule has 0 radical (unpaired) electrons. The molecule has 0 bridgehead atoms. The molecular formula is C17H28Cl2N2OS2. The molecule has 0 aliphatic heterocycles. The summed E-state index contributed by atoms with van der Waals surface area (Å²) in [5.41, 5.74) is 0. The molecule has 1 aromatic heterocycles. The third-order valence-electron chi connectivity index (χ3n) is 3.86. The van der Waals surface area contributed by atoms with E-state index in [2.05, 4.69) is 11.9 Å². The van der Waals surface area contributed by atoms with Crippen molar-refractivity contribution in [1.29, 1.82) is 0 Å². The summed E-state index contributed by atoms with van der Waals surface area (Å²) in [7, 11) is 1.83. The number of halogens is 2. The summed E-state index contributed by atoms with van der Waals surface area (Å²) in [4.78, 5) is 17.9. The van der Waals surface area contributed by atoms with Gasteiger partial charge in [-0.1, -0.05) is 99.2 Å². The van der Waals surface area contributed by atoms with Crippen molar-refractivity contribution in [2.75, 3.05) is 13.6 Å². The summed E-state index contributed by atoms with van der Waals surface area (Å²) in [6, 6.07) is 0. The highest BCUT2D eigenvalue weighted by Crippen LogP contribution is 2.34. The molecule has 7 heteroatoms. The van der Waals surface area contributed by atoms with Gasteiger partial charge in [0.05, 0.1) is 0 Å². The van der Waals surface area contributed by atoms with Crippen molar-refractivity contribution in [2.45, 2.75) is 75.5 Å². The molecule has 24 heavy (non-hydrogen) atoms. The van der Waals surface area contributed by atoms with E-state index in [9.17, 15) is 4.79 Å². The van der Waals surface area contributed by atoms with Gasteiger partial charge in [-0.05, 0) is 6.42 Å². The second-order valence-electron chi connectivity index (χ2n) is 6.02. The number of nitrogens with zero attached hydrogens (tertiary/aromatic N) is 2. The molecule has 0 saturated heterocycles. The van der Waals surface area contributed by atoms with Crippen LogP contribution >= 0.6 is 46.3 Å². The first-order chi connectivity index (χ1) is 11.5. The molecule has 0 aliphatic rings. The molecule has 0 saturated carbocycles. The van der Waals surface area contributed by atoms with Crippen molar-refractivity contribution in [3.8, 4) is 0 Å². The van der Waals surface area contributed by atoms with Crippen LogP contribution in [0.4, 0.5) is 4.79 Å². The van der Waals surface area contributed by atoms with E-state index in [1.165, 1.54) is 69.1 Å². The number of rotatable bonds is 12. The van der Waals surface area contributed by atoms with Crippen LogP contribution in [-0.4, -0.2) is 28.7 Å². The topological polar surface area (TPSA) is 33.2 Å². The Morgan fingerprint density at radius 1 is 1.04 bits per heavy atom. The predicted octanol–water partition coefficient (Wildman–Crippen LogP) is 7.51. The van der Waals surface area contributed by atoms with Gasteiger partial charge >= 0.3 is 0 Å². The fourth-order valence-corrected chi connectivity index (χ4v) is 4.67. The number of amides is 1. The van der Waals surface area contributed by atoms with Crippen molar-refractivity contribution < 1.29 is 4.79 Å². The van der Waals surface area contributed by atoms with Gasteiger partial charge in [-0.15, -0.1) is 0 Å². The van der Waals surface area contributed by atoms with E-state index in [1.54, 1.807) is 4.90 Å². The van der Waals surface area contributed by atoms with E-state index < -0.39 is 0 Å². The predicted molar refractivity (Wildman–Crippen MR) is 108 cm³/mol. The molecule has 0 unspecified atom stereocenters. The fourth-order valence-electron chi connectivity index (χ4n) is 2.39. The van der Waals surface area contributed by atoms with Gasteiger partial charge in [0.2, 0.25) is 0 Å². The van der Waals surface area contributed by atoms with Crippen molar-refractivity contribution in [2.24, 2.45) is 0 Å². The lowest BCUT2D eigenvalue weighted by Crippen LogP contribution is -2.23. The third-order valence-corrected chi connectivity index (χ3v) is 6.65. The fraction of sp³-hybridized carbons (Fsp3) is 0.765. The van der Waals surface area contributed by atoms with Gasteiger partial charge in [-0.25, -0.2) is 4.98 Å². The molecular weight excluding hydrogens is 383 g/mol. The van der Waals surface area contributed by atoms with Gasteiger partial charge in [-0.2, -0.15) is 0 Å². The minimum absolute atomic E-state index is 0.00647. The van der Waals surface area contributed by atoms with Crippen LogP contribution < -0.4 is 0 Å².